The minimum Gasteiger partial charge on any atom is -0.481 e. The molecule has 1 unspecified atom stereocenters. The zero-order chi connectivity index (χ0) is 16.3. The molecule has 0 heterocycles. The lowest BCUT2D eigenvalue weighted by atomic mass is 10.0. The van der Waals surface area contributed by atoms with Gasteiger partial charge in [0.1, 0.15) is 0 Å². The lowest BCUT2D eigenvalue weighted by molar-refractivity contribution is -0.138. The molecule has 0 aromatic carbocycles. The van der Waals surface area contributed by atoms with E-state index >= 15 is 0 Å². The summed E-state index contributed by atoms with van der Waals surface area (Å²) >= 11 is 0. The number of amides is 4. The van der Waals surface area contributed by atoms with Gasteiger partial charge in [0.25, 0.3) is 0 Å². The van der Waals surface area contributed by atoms with Gasteiger partial charge in [-0.3, -0.25) is 19.7 Å². The average molecular weight is 301 g/mol. The van der Waals surface area contributed by atoms with Crippen LogP contribution in [0.5, 0.6) is 0 Å². The number of carboxylic acids is 1. The summed E-state index contributed by atoms with van der Waals surface area (Å²) in [5.74, 6) is -2.05. The molecular formula is C13H23N3O5. The maximum Gasteiger partial charge on any atom is 0.321 e. The average Bonchev–Trinajstić information content (AvgIpc) is 2.34. The Labute approximate surface area is 123 Å². The zero-order valence-electron chi connectivity index (χ0n) is 12.4. The summed E-state index contributed by atoms with van der Waals surface area (Å²) in [4.78, 5) is 44.5. The highest BCUT2D eigenvalue weighted by molar-refractivity contribution is 5.94. The van der Waals surface area contributed by atoms with Crippen molar-refractivity contribution in [1.29, 1.82) is 0 Å². The predicted octanol–water partition coefficient (Wildman–Crippen LogP) is 0.229. The number of urea groups is 1. The summed E-state index contributed by atoms with van der Waals surface area (Å²) in [6.45, 7) is 4.26. The Morgan fingerprint density at radius 3 is 2.24 bits per heavy atom. The van der Waals surface area contributed by atoms with Crippen LogP contribution >= 0.6 is 0 Å². The van der Waals surface area contributed by atoms with Crippen LogP contribution in [0.4, 0.5) is 4.79 Å². The van der Waals surface area contributed by atoms with Crippen LogP contribution < -0.4 is 16.0 Å². The fraction of sp³-hybridized carbons (Fsp3) is 0.692. The first-order chi connectivity index (χ1) is 9.85. The molecule has 0 rings (SSSR count). The van der Waals surface area contributed by atoms with E-state index in [1.165, 1.54) is 0 Å². The summed E-state index contributed by atoms with van der Waals surface area (Å²) in [7, 11) is 0. The van der Waals surface area contributed by atoms with E-state index in [-0.39, 0.29) is 37.6 Å². The second kappa shape index (κ2) is 10.6. The molecule has 0 aliphatic heterocycles. The Kier molecular flexibility index (Phi) is 9.57. The normalized spacial score (nSPS) is 11.3. The van der Waals surface area contributed by atoms with E-state index < -0.39 is 17.9 Å². The van der Waals surface area contributed by atoms with Crippen molar-refractivity contribution in [2.75, 3.05) is 13.1 Å². The molecule has 4 amide bonds. The highest BCUT2D eigenvalue weighted by atomic mass is 16.4. The Morgan fingerprint density at radius 1 is 1.00 bits per heavy atom. The van der Waals surface area contributed by atoms with E-state index in [1.807, 2.05) is 6.92 Å². The quantitative estimate of drug-likeness (QED) is 0.485. The van der Waals surface area contributed by atoms with Gasteiger partial charge in [-0.1, -0.05) is 13.8 Å². The van der Waals surface area contributed by atoms with Crippen LogP contribution in [0.25, 0.3) is 0 Å². The third-order valence-corrected chi connectivity index (χ3v) is 2.52. The minimum atomic E-state index is -0.988. The van der Waals surface area contributed by atoms with Crippen LogP contribution in [0.3, 0.4) is 0 Å². The van der Waals surface area contributed by atoms with E-state index in [0.717, 1.165) is 6.42 Å². The van der Waals surface area contributed by atoms with Crippen LogP contribution in [-0.4, -0.2) is 42.0 Å². The molecule has 4 N–H and O–H groups in total. The lowest BCUT2D eigenvalue weighted by Crippen LogP contribution is -2.41. The number of carbonyl (C=O) groups excluding carboxylic acids is 3. The van der Waals surface area contributed by atoms with Crippen LogP contribution in [0.2, 0.25) is 0 Å². The molecule has 0 aromatic rings. The monoisotopic (exact) mass is 301 g/mol. The molecule has 0 aliphatic carbocycles. The van der Waals surface area contributed by atoms with Crippen molar-refractivity contribution in [2.45, 2.75) is 39.5 Å². The van der Waals surface area contributed by atoms with Crippen molar-refractivity contribution < 1.29 is 24.3 Å². The summed E-state index contributed by atoms with van der Waals surface area (Å²) in [5, 5.41) is 15.7. The molecule has 8 heteroatoms. The topological polar surface area (TPSA) is 125 Å². The minimum absolute atomic E-state index is 0.0449. The van der Waals surface area contributed by atoms with Crippen molar-refractivity contribution in [3.8, 4) is 0 Å². The molecule has 0 bridgehead atoms. The summed E-state index contributed by atoms with van der Waals surface area (Å²) < 4.78 is 0. The third-order valence-electron chi connectivity index (χ3n) is 2.52. The van der Waals surface area contributed by atoms with Crippen LogP contribution in [0.15, 0.2) is 0 Å². The van der Waals surface area contributed by atoms with Gasteiger partial charge < -0.3 is 15.7 Å². The van der Waals surface area contributed by atoms with Crippen LogP contribution in [0, 0.1) is 5.92 Å². The first-order valence-electron chi connectivity index (χ1n) is 6.91. The number of carboxylic acid groups (broad SMARTS) is 1. The third kappa shape index (κ3) is 11.4. The SMILES string of the molecule is CCCNC(=O)CCNC(=O)NC(=O)CC(C)CC(=O)O. The molecule has 0 aliphatic rings. The van der Waals surface area contributed by atoms with Gasteiger partial charge in [-0.05, 0) is 12.3 Å². The van der Waals surface area contributed by atoms with Gasteiger partial charge in [0.05, 0.1) is 0 Å². The standard InChI is InChI=1S/C13H23N3O5/c1-3-5-14-10(17)4-6-15-13(21)16-11(18)7-9(2)8-12(19)20/h9H,3-8H2,1-2H3,(H,14,17)(H,19,20)(H2,15,16,18,21). The fourth-order valence-corrected chi connectivity index (χ4v) is 1.55. The van der Waals surface area contributed by atoms with E-state index in [9.17, 15) is 19.2 Å². The molecule has 0 aromatic heterocycles. The summed E-state index contributed by atoms with van der Waals surface area (Å²) in [6, 6.07) is -0.689. The second-order valence-corrected chi connectivity index (χ2v) is 4.81. The Morgan fingerprint density at radius 2 is 1.67 bits per heavy atom. The van der Waals surface area contributed by atoms with Crippen LogP contribution in [-0.2, 0) is 14.4 Å². The molecule has 120 valence electrons. The molecule has 21 heavy (non-hydrogen) atoms. The van der Waals surface area contributed by atoms with Crippen molar-refractivity contribution in [1.82, 2.24) is 16.0 Å². The van der Waals surface area contributed by atoms with Gasteiger partial charge in [-0.15, -0.1) is 0 Å². The Hall–Kier alpha value is -2.12. The highest BCUT2D eigenvalue weighted by Crippen LogP contribution is 2.06. The number of hydrogen-bond acceptors (Lipinski definition) is 4. The maximum atomic E-state index is 11.4. The molecular weight excluding hydrogens is 278 g/mol. The van der Waals surface area contributed by atoms with Crippen molar-refractivity contribution in [3.63, 3.8) is 0 Å². The molecule has 1 atom stereocenters. The van der Waals surface area contributed by atoms with Gasteiger partial charge in [0.2, 0.25) is 11.8 Å². The molecule has 0 radical (unpaired) electrons. The first-order valence-corrected chi connectivity index (χ1v) is 6.91. The molecule has 0 saturated heterocycles. The van der Waals surface area contributed by atoms with Crippen molar-refractivity contribution in [2.24, 2.45) is 5.92 Å². The van der Waals surface area contributed by atoms with E-state index in [0.29, 0.717) is 6.54 Å². The maximum absolute atomic E-state index is 11.4. The Balaban J connectivity index is 3.80. The summed E-state index contributed by atoms with van der Waals surface area (Å²) in [5.41, 5.74) is 0. The van der Waals surface area contributed by atoms with Gasteiger partial charge in [-0.25, -0.2) is 4.79 Å². The zero-order valence-corrected chi connectivity index (χ0v) is 12.4. The highest BCUT2D eigenvalue weighted by Gasteiger charge is 2.14. The molecule has 8 nitrogen and oxygen atoms in total. The van der Waals surface area contributed by atoms with E-state index in [2.05, 4.69) is 16.0 Å². The number of imide groups is 1. The molecule has 0 spiro atoms. The van der Waals surface area contributed by atoms with Gasteiger partial charge in [0.15, 0.2) is 0 Å². The van der Waals surface area contributed by atoms with Crippen molar-refractivity contribution in [3.05, 3.63) is 0 Å². The Bertz CT molecular complexity index is 384. The number of carbonyl (C=O) groups is 4. The van der Waals surface area contributed by atoms with Gasteiger partial charge in [0, 0.05) is 32.4 Å². The lowest BCUT2D eigenvalue weighted by Gasteiger charge is -2.09. The predicted molar refractivity (Wildman–Crippen MR) is 75.5 cm³/mol. The number of aliphatic carboxylic acids is 1. The second-order valence-electron chi connectivity index (χ2n) is 4.81. The van der Waals surface area contributed by atoms with E-state index in [4.69, 9.17) is 5.11 Å². The fourth-order valence-electron chi connectivity index (χ4n) is 1.55. The smallest absolute Gasteiger partial charge is 0.321 e. The molecule has 0 saturated carbocycles. The number of nitrogens with one attached hydrogen (secondary N) is 3. The van der Waals surface area contributed by atoms with E-state index in [1.54, 1.807) is 6.92 Å². The van der Waals surface area contributed by atoms with Gasteiger partial charge >= 0.3 is 12.0 Å². The number of hydrogen-bond donors (Lipinski definition) is 4. The van der Waals surface area contributed by atoms with Crippen LogP contribution in [0.1, 0.15) is 39.5 Å². The molecule has 0 fully saturated rings. The first kappa shape index (κ1) is 18.9. The summed E-state index contributed by atoms with van der Waals surface area (Å²) in [6.07, 6.45) is 0.795. The van der Waals surface area contributed by atoms with Crippen molar-refractivity contribution >= 4 is 23.8 Å². The van der Waals surface area contributed by atoms with Gasteiger partial charge in [-0.2, -0.15) is 0 Å². The number of rotatable bonds is 9. The largest absolute Gasteiger partial charge is 0.481 e.